The average Bonchev–Trinajstić information content (AvgIpc) is 2.80. The van der Waals surface area contributed by atoms with Crippen molar-refractivity contribution in [1.29, 1.82) is 0 Å². The van der Waals surface area contributed by atoms with Crippen LogP contribution in [-0.2, 0) is 4.79 Å². The molecule has 0 aromatic carbocycles. The maximum absolute atomic E-state index is 12.0. The van der Waals surface area contributed by atoms with Crippen molar-refractivity contribution < 1.29 is 4.79 Å². The quantitative estimate of drug-likeness (QED) is 0.830. The third-order valence-corrected chi connectivity index (χ3v) is 4.24. The number of carbonyl (C=O) groups is 1. The first kappa shape index (κ1) is 17.7. The van der Waals surface area contributed by atoms with Crippen LogP contribution in [0.2, 0.25) is 0 Å². The van der Waals surface area contributed by atoms with Crippen molar-refractivity contribution in [3.05, 3.63) is 0 Å². The van der Waals surface area contributed by atoms with Gasteiger partial charge in [0, 0.05) is 25.7 Å². The second kappa shape index (κ2) is 8.20. The number of carbonyl (C=O) groups excluding carboxylic acids is 1. The van der Waals surface area contributed by atoms with Gasteiger partial charge in [-0.3, -0.25) is 4.79 Å². The molecule has 2 fully saturated rings. The molecule has 5 heteroatoms. The Balaban J connectivity index is 0.00000200. The summed E-state index contributed by atoms with van der Waals surface area (Å²) in [6.45, 7) is 11.1. The van der Waals surface area contributed by atoms with E-state index >= 15 is 0 Å². The van der Waals surface area contributed by atoms with E-state index in [2.05, 4.69) is 36.3 Å². The minimum absolute atomic E-state index is 0. The first-order valence-corrected chi connectivity index (χ1v) is 7.80. The summed E-state index contributed by atoms with van der Waals surface area (Å²) in [5, 5.41) is 6.41. The highest BCUT2D eigenvalue weighted by atomic mass is 35.5. The van der Waals surface area contributed by atoms with Crippen molar-refractivity contribution >= 4 is 18.3 Å². The number of nitrogens with one attached hydrogen (secondary N) is 2. The molecular weight excluding hydrogens is 274 g/mol. The maximum Gasteiger partial charge on any atom is 0.237 e. The van der Waals surface area contributed by atoms with Crippen molar-refractivity contribution in [3.8, 4) is 0 Å². The smallest absolute Gasteiger partial charge is 0.237 e. The van der Waals surface area contributed by atoms with Crippen LogP contribution in [0.5, 0.6) is 0 Å². The van der Waals surface area contributed by atoms with E-state index in [1.54, 1.807) is 0 Å². The lowest BCUT2D eigenvalue weighted by Crippen LogP contribution is -2.50. The van der Waals surface area contributed by atoms with E-state index in [0.717, 1.165) is 37.8 Å². The second-order valence-electron chi connectivity index (χ2n) is 6.72. The Morgan fingerprint density at radius 3 is 2.55 bits per heavy atom. The fourth-order valence-corrected chi connectivity index (χ4v) is 3.63. The summed E-state index contributed by atoms with van der Waals surface area (Å²) in [4.78, 5) is 14.5. The molecule has 1 amide bonds. The SMILES string of the molecule is CC1CC(C)CN(CC(C)NC(=O)[C@@H]2CCCN2)C1.Cl. The van der Waals surface area contributed by atoms with Gasteiger partial charge in [0.15, 0.2) is 0 Å². The van der Waals surface area contributed by atoms with Crippen LogP contribution in [0.1, 0.15) is 40.0 Å². The summed E-state index contributed by atoms with van der Waals surface area (Å²) in [5.74, 6) is 1.74. The van der Waals surface area contributed by atoms with Crippen molar-refractivity contribution in [2.45, 2.75) is 52.1 Å². The van der Waals surface area contributed by atoms with E-state index in [1.807, 2.05) is 0 Å². The number of piperidine rings is 1. The highest BCUT2D eigenvalue weighted by molar-refractivity contribution is 5.85. The van der Waals surface area contributed by atoms with Crippen LogP contribution in [0.4, 0.5) is 0 Å². The second-order valence-corrected chi connectivity index (χ2v) is 6.72. The van der Waals surface area contributed by atoms with Crippen LogP contribution in [0.15, 0.2) is 0 Å². The molecule has 2 rings (SSSR count). The Labute approximate surface area is 129 Å². The number of hydrogen-bond donors (Lipinski definition) is 2. The summed E-state index contributed by atoms with van der Waals surface area (Å²) in [6, 6.07) is 0.286. The largest absolute Gasteiger partial charge is 0.351 e. The predicted octanol–water partition coefficient (Wildman–Crippen LogP) is 1.64. The molecule has 20 heavy (non-hydrogen) atoms. The molecule has 2 aliphatic heterocycles. The van der Waals surface area contributed by atoms with Gasteiger partial charge in [-0.15, -0.1) is 12.4 Å². The maximum atomic E-state index is 12.0. The fraction of sp³-hybridized carbons (Fsp3) is 0.933. The van der Waals surface area contributed by atoms with Gasteiger partial charge in [-0.1, -0.05) is 13.8 Å². The molecule has 0 aliphatic carbocycles. The molecular formula is C15H30ClN3O. The molecule has 2 saturated heterocycles. The lowest BCUT2D eigenvalue weighted by Gasteiger charge is -2.36. The van der Waals surface area contributed by atoms with Gasteiger partial charge in [0.2, 0.25) is 5.91 Å². The van der Waals surface area contributed by atoms with E-state index in [1.165, 1.54) is 19.5 Å². The van der Waals surface area contributed by atoms with Gasteiger partial charge in [-0.25, -0.2) is 0 Å². The minimum atomic E-state index is 0. The molecule has 118 valence electrons. The van der Waals surface area contributed by atoms with Crippen LogP contribution >= 0.6 is 12.4 Å². The van der Waals surface area contributed by atoms with Crippen molar-refractivity contribution in [1.82, 2.24) is 15.5 Å². The highest BCUT2D eigenvalue weighted by Gasteiger charge is 2.26. The molecule has 2 heterocycles. The lowest BCUT2D eigenvalue weighted by atomic mass is 9.92. The zero-order valence-corrected chi connectivity index (χ0v) is 13.8. The number of hydrogen-bond acceptors (Lipinski definition) is 3. The molecule has 0 saturated carbocycles. The molecule has 0 radical (unpaired) electrons. The lowest BCUT2D eigenvalue weighted by molar-refractivity contribution is -0.123. The van der Waals surface area contributed by atoms with Crippen LogP contribution in [0.25, 0.3) is 0 Å². The van der Waals surface area contributed by atoms with Gasteiger partial charge in [-0.2, -0.15) is 0 Å². The van der Waals surface area contributed by atoms with Gasteiger partial charge in [0.05, 0.1) is 6.04 Å². The average molecular weight is 304 g/mol. The Hall–Kier alpha value is -0.320. The topological polar surface area (TPSA) is 44.4 Å². The van der Waals surface area contributed by atoms with E-state index < -0.39 is 0 Å². The first-order valence-electron chi connectivity index (χ1n) is 7.80. The molecule has 4 atom stereocenters. The van der Waals surface area contributed by atoms with E-state index in [0.29, 0.717) is 0 Å². The van der Waals surface area contributed by atoms with Gasteiger partial charge < -0.3 is 15.5 Å². The third kappa shape index (κ3) is 5.23. The van der Waals surface area contributed by atoms with Crippen molar-refractivity contribution in [2.75, 3.05) is 26.2 Å². The van der Waals surface area contributed by atoms with Crippen LogP contribution in [-0.4, -0.2) is 49.1 Å². The van der Waals surface area contributed by atoms with E-state index in [-0.39, 0.29) is 30.4 Å². The Morgan fingerprint density at radius 2 is 2.00 bits per heavy atom. The number of halogens is 1. The molecule has 3 unspecified atom stereocenters. The Morgan fingerprint density at radius 1 is 1.35 bits per heavy atom. The first-order chi connectivity index (χ1) is 9.04. The van der Waals surface area contributed by atoms with E-state index in [4.69, 9.17) is 0 Å². The molecule has 2 N–H and O–H groups in total. The van der Waals surface area contributed by atoms with Crippen LogP contribution in [0.3, 0.4) is 0 Å². The van der Waals surface area contributed by atoms with E-state index in [9.17, 15) is 4.79 Å². The Bertz CT molecular complexity index is 297. The molecule has 0 bridgehead atoms. The van der Waals surface area contributed by atoms with Gasteiger partial charge in [-0.05, 0) is 44.6 Å². The predicted molar refractivity (Wildman–Crippen MR) is 85.3 cm³/mol. The molecule has 4 nitrogen and oxygen atoms in total. The van der Waals surface area contributed by atoms with Crippen molar-refractivity contribution in [3.63, 3.8) is 0 Å². The van der Waals surface area contributed by atoms with Crippen molar-refractivity contribution in [2.24, 2.45) is 11.8 Å². The normalized spacial score (nSPS) is 32.5. The summed E-state index contributed by atoms with van der Waals surface area (Å²) in [6.07, 6.45) is 3.44. The summed E-state index contributed by atoms with van der Waals surface area (Å²) in [7, 11) is 0. The van der Waals surface area contributed by atoms with Crippen LogP contribution < -0.4 is 10.6 Å². The minimum Gasteiger partial charge on any atom is -0.351 e. The molecule has 2 aliphatic rings. The summed E-state index contributed by atoms with van der Waals surface area (Å²) in [5.41, 5.74) is 0. The molecule has 0 aromatic heterocycles. The third-order valence-electron chi connectivity index (χ3n) is 4.24. The Kier molecular flexibility index (Phi) is 7.27. The monoisotopic (exact) mass is 303 g/mol. The zero-order valence-electron chi connectivity index (χ0n) is 13.0. The number of nitrogens with zero attached hydrogens (tertiary/aromatic N) is 1. The summed E-state index contributed by atoms with van der Waals surface area (Å²) < 4.78 is 0. The number of rotatable bonds is 4. The number of likely N-dealkylation sites (tertiary alicyclic amines) is 1. The van der Waals surface area contributed by atoms with Gasteiger partial charge >= 0.3 is 0 Å². The van der Waals surface area contributed by atoms with Gasteiger partial charge in [0.1, 0.15) is 0 Å². The van der Waals surface area contributed by atoms with Gasteiger partial charge in [0.25, 0.3) is 0 Å². The zero-order chi connectivity index (χ0) is 13.8. The standard InChI is InChI=1S/C15H29N3O.ClH/c1-11-7-12(2)9-18(8-11)10-13(3)17-15(19)14-5-4-6-16-14;/h11-14,16H,4-10H2,1-3H3,(H,17,19);1H/t11?,12?,13?,14-;/m0./s1. The highest BCUT2D eigenvalue weighted by Crippen LogP contribution is 2.20. The van der Waals surface area contributed by atoms with Crippen LogP contribution in [0, 0.1) is 11.8 Å². The molecule has 0 aromatic rings. The summed E-state index contributed by atoms with van der Waals surface area (Å²) >= 11 is 0. The molecule has 0 spiro atoms. The fourth-order valence-electron chi connectivity index (χ4n) is 3.63. The number of amides is 1.